The van der Waals surface area contributed by atoms with E-state index in [9.17, 15) is 23.1 Å². The second-order valence-corrected chi connectivity index (χ2v) is 6.44. The Balaban J connectivity index is 2.06. The zero-order valence-corrected chi connectivity index (χ0v) is 16.0. The summed E-state index contributed by atoms with van der Waals surface area (Å²) in [7, 11) is 1.33. The van der Waals surface area contributed by atoms with E-state index in [1.165, 1.54) is 25.2 Å². The highest BCUT2D eigenvalue weighted by molar-refractivity contribution is 6.35. The summed E-state index contributed by atoms with van der Waals surface area (Å²) in [5.74, 6) is -0.904. The fourth-order valence-electron chi connectivity index (χ4n) is 2.36. The third-order valence-electron chi connectivity index (χ3n) is 3.66. The molecule has 0 unspecified atom stereocenters. The highest BCUT2D eigenvalue weighted by Gasteiger charge is 2.33. The van der Waals surface area contributed by atoms with Crippen LogP contribution in [-0.2, 0) is 13.7 Å². The average molecular weight is 451 g/mol. The van der Waals surface area contributed by atoms with Gasteiger partial charge in [0.2, 0.25) is 0 Å². The van der Waals surface area contributed by atoms with Gasteiger partial charge >= 0.3 is 12.1 Å². The number of aryl methyl sites for hydroxylation is 1. The van der Waals surface area contributed by atoms with Crippen molar-refractivity contribution in [3.8, 4) is 22.9 Å². The molecule has 0 atom stereocenters. The largest absolute Gasteiger partial charge is 0.573 e. The molecule has 0 fully saturated rings. The van der Waals surface area contributed by atoms with Crippen molar-refractivity contribution < 1.29 is 27.8 Å². The number of rotatable bonds is 5. The Kier molecular flexibility index (Phi) is 5.62. The van der Waals surface area contributed by atoms with Gasteiger partial charge in [0, 0.05) is 19.2 Å². The molecule has 29 heavy (non-hydrogen) atoms. The molecule has 3 aromatic rings. The summed E-state index contributed by atoms with van der Waals surface area (Å²) in [6, 6.07) is 5.98. The molecule has 1 aromatic heterocycles. The number of phenols is 1. The molecule has 1 heterocycles. The van der Waals surface area contributed by atoms with Crippen LogP contribution in [0.15, 0.2) is 35.1 Å². The minimum atomic E-state index is -4.99. The van der Waals surface area contributed by atoms with E-state index >= 15 is 0 Å². The van der Waals surface area contributed by atoms with Crippen LogP contribution in [0.1, 0.15) is 5.56 Å². The van der Waals surface area contributed by atoms with E-state index in [1.807, 2.05) is 0 Å². The van der Waals surface area contributed by atoms with Crippen molar-refractivity contribution in [2.45, 2.75) is 13.0 Å². The Hall–Kier alpha value is -2.92. The molecule has 0 aliphatic carbocycles. The number of phenolic OH excluding ortho intramolecular Hbond substituents is 1. The quantitative estimate of drug-likeness (QED) is 0.639. The third kappa shape index (κ3) is 4.57. The molecule has 0 aliphatic rings. The van der Waals surface area contributed by atoms with E-state index in [0.717, 1.165) is 21.5 Å². The van der Waals surface area contributed by atoms with Gasteiger partial charge in [-0.05, 0) is 22.6 Å². The van der Waals surface area contributed by atoms with E-state index in [4.69, 9.17) is 27.9 Å². The van der Waals surface area contributed by atoms with Gasteiger partial charge in [-0.15, -0.1) is 13.2 Å². The first-order valence-corrected chi connectivity index (χ1v) is 8.50. The third-order valence-corrected chi connectivity index (χ3v) is 4.26. The lowest BCUT2D eigenvalue weighted by atomic mass is 10.1. The summed E-state index contributed by atoms with van der Waals surface area (Å²) in [4.78, 5) is 12.2. The van der Waals surface area contributed by atoms with Gasteiger partial charge in [0.15, 0.2) is 0 Å². The van der Waals surface area contributed by atoms with Crippen molar-refractivity contribution in [1.82, 2.24) is 19.8 Å². The minimum absolute atomic E-state index is 0.00581. The lowest BCUT2D eigenvalue weighted by Gasteiger charge is -2.17. The fourth-order valence-corrected chi connectivity index (χ4v) is 2.73. The van der Waals surface area contributed by atoms with Crippen LogP contribution in [0.3, 0.4) is 0 Å². The van der Waals surface area contributed by atoms with Crippen LogP contribution < -0.4 is 15.2 Å². The molecular weight excluding hydrogens is 440 g/mol. The summed E-state index contributed by atoms with van der Waals surface area (Å²) in [6.45, 7) is -0.495. The summed E-state index contributed by atoms with van der Waals surface area (Å²) in [5.41, 5.74) is -0.875. The first kappa shape index (κ1) is 20.8. The number of aromatic hydroxyl groups is 1. The molecule has 2 aromatic carbocycles. The first-order valence-electron chi connectivity index (χ1n) is 7.74. The Labute approximate surface area is 170 Å². The Morgan fingerprint density at radius 3 is 2.48 bits per heavy atom. The van der Waals surface area contributed by atoms with E-state index in [0.29, 0.717) is 0 Å². The monoisotopic (exact) mass is 450 g/mol. The molecule has 3 rings (SSSR count). The predicted molar refractivity (Wildman–Crippen MR) is 95.7 cm³/mol. The van der Waals surface area contributed by atoms with Crippen LogP contribution in [-0.4, -0.2) is 31.3 Å². The molecule has 0 bridgehead atoms. The molecule has 0 aliphatic heterocycles. The molecule has 0 amide bonds. The number of alkyl halides is 3. The van der Waals surface area contributed by atoms with Gasteiger partial charge in [-0.1, -0.05) is 29.3 Å². The number of benzene rings is 2. The molecule has 0 saturated carbocycles. The zero-order valence-electron chi connectivity index (χ0n) is 14.4. The van der Waals surface area contributed by atoms with E-state index in [2.05, 4.69) is 15.2 Å². The number of hydrogen-bond acceptors (Lipinski definition) is 6. The topological polar surface area (TPSA) is 91.4 Å². The van der Waals surface area contributed by atoms with Crippen LogP contribution in [0.2, 0.25) is 10.0 Å². The minimum Gasteiger partial charge on any atom is -0.506 e. The van der Waals surface area contributed by atoms with E-state index in [1.54, 1.807) is 0 Å². The van der Waals surface area contributed by atoms with Crippen LogP contribution >= 0.6 is 23.2 Å². The summed E-state index contributed by atoms with van der Waals surface area (Å²) in [5, 5.41) is 16.6. The number of nitrogens with zero attached hydrogens (tertiary/aromatic N) is 4. The first-order chi connectivity index (χ1) is 13.6. The molecule has 1 N–H and O–H groups in total. The number of halogens is 5. The van der Waals surface area contributed by atoms with Gasteiger partial charge < -0.3 is 14.6 Å². The second kappa shape index (κ2) is 7.84. The number of tetrazole rings is 1. The SMILES string of the molecule is Cn1nnn(-c2cccc(OC(F)(F)F)c2COc2cc(Cl)c(O)cc2Cl)c1=O. The number of ether oxygens (including phenoxy) is 2. The van der Waals surface area contributed by atoms with Gasteiger partial charge in [0.1, 0.15) is 23.9 Å². The maximum atomic E-state index is 12.8. The maximum absolute atomic E-state index is 12.8. The van der Waals surface area contributed by atoms with Crippen LogP contribution in [0, 0.1) is 0 Å². The molecule has 8 nitrogen and oxygen atoms in total. The molecule has 0 radical (unpaired) electrons. The van der Waals surface area contributed by atoms with Crippen molar-refractivity contribution in [2.24, 2.45) is 7.05 Å². The van der Waals surface area contributed by atoms with Gasteiger partial charge in [-0.2, -0.15) is 9.36 Å². The van der Waals surface area contributed by atoms with Gasteiger partial charge in [-0.3, -0.25) is 0 Å². The normalized spacial score (nSPS) is 11.5. The molecule has 13 heteroatoms. The van der Waals surface area contributed by atoms with Crippen LogP contribution in [0.4, 0.5) is 13.2 Å². The maximum Gasteiger partial charge on any atom is 0.573 e. The predicted octanol–water partition coefficient (Wildman–Crippen LogP) is 3.46. The lowest BCUT2D eigenvalue weighted by molar-refractivity contribution is -0.275. The molecule has 0 spiro atoms. The average Bonchev–Trinajstić information content (AvgIpc) is 2.95. The van der Waals surface area contributed by atoms with Crippen LogP contribution in [0.25, 0.3) is 5.69 Å². The van der Waals surface area contributed by atoms with Gasteiger partial charge in [0.05, 0.1) is 21.3 Å². The highest BCUT2D eigenvalue weighted by atomic mass is 35.5. The van der Waals surface area contributed by atoms with Gasteiger partial charge in [0.25, 0.3) is 0 Å². The van der Waals surface area contributed by atoms with Crippen molar-refractivity contribution in [3.63, 3.8) is 0 Å². The van der Waals surface area contributed by atoms with Crippen molar-refractivity contribution in [1.29, 1.82) is 0 Å². The molecular formula is C16H11Cl2F3N4O4. The summed E-state index contributed by atoms with van der Waals surface area (Å²) < 4.78 is 49.7. The number of aromatic nitrogens is 4. The van der Waals surface area contributed by atoms with Crippen LogP contribution in [0.5, 0.6) is 17.2 Å². The molecule has 0 saturated heterocycles. The van der Waals surface area contributed by atoms with E-state index in [-0.39, 0.29) is 32.8 Å². The molecule has 154 valence electrons. The highest BCUT2D eigenvalue weighted by Crippen LogP contribution is 2.36. The van der Waals surface area contributed by atoms with Gasteiger partial charge in [-0.25, -0.2) is 4.79 Å². The summed E-state index contributed by atoms with van der Waals surface area (Å²) >= 11 is 11.8. The Bertz CT molecular complexity index is 1110. The smallest absolute Gasteiger partial charge is 0.506 e. The van der Waals surface area contributed by atoms with Crippen molar-refractivity contribution >= 4 is 23.2 Å². The van der Waals surface area contributed by atoms with Crippen molar-refractivity contribution in [2.75, 3.05) is 0 Å². The second-order valence-electron chi connectivity index (χ2n) is 5.62. The van der Waals surface area contributed by atoms with E-state index < -0.39 is 24.4 Å². The standard InChI is InChI=1S/C16H11Cl2F3N4O4/c1-24-15(27)25(23-22-24)11-3-2-4-13(29-16(19,20)21)8(11)7-28-14-6-9(17)12(26)5-10(14)18/h2-6,26H,7H2,1H3. The van der Waals surface area contributed by atoms with Crippen molar-refractivity contribution in [3.05, 3.63) is 56.4 Å². The lowest BCUT2D eigenvalue weighted by Crippen LogP contribution is -2.24. The Morgan fingerprint density at radius 2 is 1.86 bits per heavy atom. The Morgan fingerprint density at radius 1 is 1.14 bits per heavy atom. The zero-order chi connectivity index (χ0) is 21.3. The summed E-state index contributed by atoms with van der Waals surface area (Å²) in [6.07, 6.45) is -4.99. The fraction of sp³-hybridized carbons (Fsp3) is 0.188. The number of hydrogen-bond donors (Lipinski definition) is 1.